The first-order chi connectivity index (χ1) is 9.19. The van der Waals surface area contributed by atoms with Gasteiger partial charge < -0.3 is 4.74 Å². The summed E-state index contributed by atoms with van der Waals surface area (Å²) in [5.74, 6) is -2.10. The van der Waals surface area contributed by atoms with Crippen LogP contribution in [0.25, 0.3) is 0 Å². The van der Waals surface area contributed by atoms with E-state index in [0.29, 0.717) is 18.6 Å². The summed E-state index contributed by atoms with van der Waals surface area (Å²) in [5.41, 5.74) is 0. The molecule has 0 fully saturated rings. The van der Waals surface area contributed by atoms with Gasteiger partial charge in [0.1, 0.15) is 5.25 Å². The fourth-order valence-corrected chi connectivity index (χ4v) is 3.01. The van der Waals surface area contributed by atoms with E-state index < -0.39 is 5.92 Å². The highest BCUT2D eigenvalue weighted by Gasteiger charge is 2.28. The van der Waals surface area contributed by atoms with E-state index in [1.807, 2.05) is 27.7 Å². The summed E-state index contributed by atoms with van der Waals surface area (Å²) in [6.45, 7) is 9.28. The molecule has 20 heavy (non-hydrogen) atoms. The zero-order valence-corrected chi connectivity index (χ0v) is 14.1. The number of carbonyl (C=O) groups is 1. The second-order valence-corrected chi connectivity index (χ2v) is 6.98. The normalized spacial score (nSPS) is 13.8. The highest BCUT2D eigenvalue weighted by atomic mass is 32.2. The molecule has 0 aromatic heterocycles. The number of halogens is 2. The van der Waals surface area contributed by atoms with Gasteiger partial charge >= 0.3 is 5.97 Å². The quantitative estimate of drug-likeness (QED) is 0.423. The number of esters is 1. The molecule has 0 rings (SSSR count). The zero-order chi connectivity index (χ0) is 15.8. The molecule has 0 saturated heterocycles. The molecule has 0 N–H and O–H groups in total. The highest BCUT2D eigenvalue weighted by Crippen LogP contribution is 2.28. The van der Waals surface area contributed by atoms with Gasteiger partial charge in [0.05, 0.1) is 6.10 Å². The Morgan fingerprint density at radius 3 is 2.25 bits per heavy atom. The van der Waals surface area contributed by atoms with Crippen molar-refractivity contribution in [3.8, 4) is 0 Å². The molecule has 0 aliphatic rings. The SMILES string of the molecule is CCCC(F)(F)CCCSC(C(=O)OC(C)C)C(C)C. The van der Waals surface area contributed by atoms with Crippen LogP contribution >= 0.6 is 11.8 Å². The standard InChI is InChI=1S/C15H28F2O2S/c1-6-8-15(16,17)9-7-10-20-13(11(2)3)14(18)19-12(4)5/h11-13H,6-10H2,1-5H3. The third kappa shape index (κ3) is 8.77. The van der Waals surface area contributed by atoms with E-state index >= 15 is 0 Å². The summed E-state index contributed by atoms with van der Waals surface area (Å²) < 4.78 is 31.9. The molecule has 0 aliphatic carbocycles. The lowest BCUT2D eigenvalue weighted by Gasteiger charge is -2.21. The Morgan fingerprint density at radius 1 is 1.20 bits per heavy atom. The lowest BCUT2D eigenvalue weighted by Crippen LogP contribution is -2.28. The van der Waals surface area contributed by atoms with Gasteiger partial charge in [-0.1, -0.05) is 27.2 Å². The number of rotatable bonds is 10. The van der Waals surface area contributed by atoms with E-state index in [1.165, 1.54) is 11.8 Å². The summed E-state index contributed by atoms with van der Waals surface area (Å²) in [7, 11) is 0. The van der Waals surface area contributed by atoms with E-state index in [-0.39, 0.29) is 36.1 Å². The van der Waals surface area contributed by atoms with Crippen molar-refractivity contribution in [3.63, 3.8) is 0 Å². The number of ether oxygens (including phenoxy) is 1. The molecule has 0 amide bonds. The second kappa shape index (κ2) is 9.59. The Morgan fingerprint density at radius 2 is 1.80 bits per heavy atom. The van der Waals surface area contributed by atoms with E-state index in [9.17, 15) is 13.6 Å². The van der Waals surface area contributed by atoms with Crippen molar-refractivity contribution in [1.29, 1.82) is 0 Å². The van der Waals surface area contributed by atoms with Crippen LogP contribution in [0.1, 0.15) is 60.3 Å². The van der Waals surface area contributed by atoms with Crippen molar-refractivity contribution in [1.82, 2.24) is 0 Å². The average molecular weight is 310 g/mol. The van der Waals surface area contributed by atoms with Gasteiger partial charge in [0.25, 0.3) is 0 Å². The largest absolute Gasteiger partial charge is 0.462 e. The summed E-state index contributed by atoms with van der Waals surface area (Å²) in [4.78, 5) is 11.9. The third-order valence-electron chi connectivity index (χ3n) is 2.79. The lowest BCUT2D eigenvalue weighted by molar-refractivity contribution is -0.147. The van der Waals surface area contributed by atoms with Gasteiger partial charge in [0.2, 0.25) is 5.92 Å². The maximum atomic E-state index is 13.3. The van der Waals surface area contributed by atoms with Crippen LogP contribution in [-0.4, -0.2) is 29.0 Å². The van der Waals surface area contributed by atoms with Gasteiger partial charge in [-0.05, 0) is 31.9 Å². The third-order valence-corrected chi connectivity index (χ3v) is 4.41. The zero-order valence-electron chi connectivity index (χ0n) is 13.2. The first-order valence-electron chi connectivity index (χ1n) is 7.39. The monoisotopic (exact) mass is 310 g/mol. The number of thioether (sulfide) groups is 1. The molecule has 0 spiro atoms. The molecule has 0 aromatic rings. The Bertz CT molecular complexity index is 281. The summed E-state index contributed by atoms with van der Waals surface area (Å²) in [6, 6.07) is 0. The summed E-state index contributed by atoms with van der Waals surface area (Å²) >= 11 is 1.43. The number of alkyl halides is 2. The van der Waals surface area contributed by atoms with E-state index in [4.69, 9.17) is 4.74 Å². The minimum absolute atomic E-state index is 0.0549. The van der Waals surface area contributed by atoms with Crippen molar-refractivity contribution >= 4 is 17.7 Å². The Labute approximate surface area is 126 Å². The maximum absolute atomic E-state index is 13.3. The number of hydrogen-bond donors (Lipinski definition) is 0. The van der Waals surface area contributed by atoms with Crippen LogP contribution < -0.4 is 0 Å². The minimum atomic E-state index is -2.57. The molecule has 120 valence electrons. The molecular weight excluding hydrogens is 282 g/mol. The Balaban J connectivity index is 4.14. The minimum Gasteiger partial charge on any atom is -0.462 e. The fraction of sp³-hybridized carbons (Fsp3) is 0.933. The van der Waals surface area contributed by atoms with Gasteiger partial charge in [0, 0.05) is 12.8 Å². The van der Waals surface area contributed by atoms with Crippen molar-refractivity contribution in [2.24, 2.45) is 5.92 Å². The molecule has 1 atom stereocenters. The highest BCUT2D eigenvalue weighted by molar-refractivity contribution is 8.00. The Kier molecular flexibility index (Phi) is 9.43. The molecule has 0 aliphatic heterocycles. The molecule has 0 saturated carbocycles. The first-order valence-corrected chi connectivity index (χ1v) is 8.44. The number of carbonyl (C=O) groups excluding carboxylic acids is 1. The van der Waals surface area contributed by atoms with Crippen LogP contribution in [-0.2, 0) is 9.53 Å². The molecule has 0 radical (unpaired) electrons. The summed E-state index contributed by atoms with van der Waals surface area (Å²) in [5, 5.41) is -0.266. The van der Waals surface area contributed by atoms with Crippen LogP contribution in [0.15, 0.2) is 0 Å². The van der Waals surface area contributed by atoms with E-state index in [1.54, 1.807) is 6.92 Å². The Hall–Kier alpha value is -0.320. The van der Waals surface area contributed by atoms with Gasteiger partial charge in [-0.25, -0.2) is 8.78 Å². The van der Waals surface area contributed by atoms with E-state index in [2.05, 4.69) is 0 Å². The molecule has 0 aromatic carbocycles. The molecular formula is C15H28F2O2S. The molecule has 0 heterocycles. The van der Waals surface area contributed by atoms with Crippen LogP contribution in [0.3, 0.4) is 0 Å². The van der Waals surface area contributed by atoms with Crippen LogP contribution in [0.5, 0.6) is 0 Å². The first kappa shape index (κ1) is 19.7. The smallest absolute Gasteiger partial charge is 0.319 e. The van der Waals surface area contributed by atoms with Crippen LogP contribution in [0.4, 0.5) is 8.78 Å². The molecule has 0 bridgehead atoms. The van der Waals surface area contributed by atoms with Crippen molar-refractivity contribution in [2.75, 3.05) is 5.75 Å². The lowest BCUT2D eigenvalue weighted by atomic mass is 10.1. The predicted octanol–water partition coefficient (Wildman–Crippen LogP) is 4.91. The second-order valence-electron chi connectivity index (χ2n) is 5.73. The van der Waals surface area contributed by atoms with E-state index in [0.717, 1.165) is 0 Å². The van der Waals surface area contributed by atoms with Gasteiger partial charge in [-0.3, -0.25) is 4.79 Å². The van der Waals surface area contributed by atoms with Crippen LogP contribution in [0, 0.1) is 5.92 Å². The van der Waals surface area contributed by atoms with Gasteiger partial charge in [-0.2, -0.15) is 0 Å². The van der Waals surface area contributed by atoms with Crippen LogP contribution in [0.2, 0.25) is 0 Å². The number of hydrogen-bond acceptors (Lipinski definition) is 3. The van der Waals surface area contributed by atoms with Crippen molar-refractivity contribution in [3.05, 3.63) is 0 Å². The maximum Gasteiger partial charge on any atom is 0.319 e. The molecule has 2 nitrogen and oxygen atoms in total. The molecule has 1 unspecified atom stereocenters. The fourth-order valence-electron chi connectivity index (χ4n) is 1.86. The van der Waals surface area contributed by atoms with Gasteiger partial charge in [-0.15, -0.1) is 11.8 Å². The average Bonchev–Trinajstić information content (AvgIpc) is 2.26. The molecule has 5 heteroatoms. The predicted molar refractivity (Wildman–Crippen MR) is 81.4 cm³/mol. The topological polar surface area (TPSA) is 26.3 Å². The van der Waals surface area contributed by atoms with Crippen molar-refractivity contribution < 1.29 is 18.3 Å². The van der Waals surface area contributed by atoms with Crippen molar-refractivity contribution in [2.45, 2.75) is 77.6 Å². The van der Waals surface area contributed by atoms with Gasteiger partial charge in [0.15, 0.2) is 0 Å². The summed E-state index contributed by atoms with van der Waals surface area (Å²) in [6.07, 6.45) is 0.627.